The van der Waals surface area contributed by atoms with Gasteiger partial charge >= 0.3 is 0 Å². The van der Waals surface area contributed by atoms with Gasteiger partial charge in [-0.15, -0.1) is 0 Å². The number of ether oxygens (including phenoxy) is 1. The number of hydrogen-bond acceptors (Lipinski definition) is 3. The van der Waals surface area contributed by atoms with Crippen LogP contribution in [0.5, 0.6) is 5.75 Å². The monoisotopic (exact) mass is 302 g/mol. The maximum Gasteiger partial charge on any atom is 0.265 e. The molecule has 1 aromatic rings. The van der Waals surface area contributed by atoms with E-state index in [1.807, 2.05) is 19.9 Å². The first kappa shape index (κ1) is 14.7. The standard InChI is InChI=1S/C14H19ClO3S/c1-10-8-11(2)14(13(9-10)19(15,16)17)18-12-6-4-3-5-7-12/h8-9,12H,3-7H2,1-2H3. The Labute approximate surface area is 119 Å². The molecule has 3 nitrogen and oxygen atoms in total. The fraction of sp³-hybridized carbons (Fsp3) is 0.571. The van der Waals surface area contributed by atoms with Crippen LogP contribution in [0, 0.1) is 13.8 Å². The first-order valence-electron chi connectivity index (χ1n) is 6.60. The lowest BCUT2D eigenvalue weighted by Gasteiger charge is -2.25. The zero-order valence-electron chi connectivity index (χ0n) is 11.3. The summed E-state index contributed by atoms with van der Waals surface area (Å²) in [5.41, 5.74) is 1.69. The van der Waals surface area contributed by atoms with Crippen molar-refractivity contribution >= 4 is 19.7 Å². The largest absolute Gasteiger partial charge is 0.489 e. The summed E-state index contributed by atoms with van der Waals surface area (Å²) in [6.07, 6.45) is 5.57. The molecule has 0 aliphatic heterocycles. The molecule has 0 heterocycles. The van der Waals surface area contributed by atoms with Gasteiger partial charge in [0, 0.05) is 10.7 Å². The Bertz CT molecular complexity index is 560. The van der Waals surface area contributed by atoms with E-state index in [4.69, 9.17) is 15.4 Å². The van der Waals surface area contributed by atoms with Crippen LogP contribution in [0.4, 0.5) is 0 Å². The first-order valence-corrected chi connectivity index (χ1v) is 8.91. The van der Waals surface area contributed by atoms with Crippen molar-refractivity contribution < 1.29 is 13.2 Å². The van der Waals surface area contributed by atoms with Crippen molar-refractivity contribution in [3.63, 3.8) is 0 Å². The molecule has 0 atom stereocenters. The van der Waals surface area contributed by atoms with E-state index < -0.39 is 9.05 Å². The molecular formula is C14H19ClO3S. The molecule has 0 bridgehead atoms. The van der Waals surface area contributed by atoms with E-state index in [2.05, 4.69) is 0 Å². The summed E-state index contributed by atoms with van der Waals surface area (Å²) >= 11 is 0. The third-order valence-electron chi connectivity index (χ3n) is 3.48. The number of halogens is 1. The maximum absolute atomic E-state index is 11.7. The van der Waals surface area contributed by atoms with Gasteiger partial charge in [-0.2, -0.15) is 0 Å². The second kappa shape index (κ2) is 5.71. The van der Waals surface area contributed by atoms with Crippen LogP contribution in [0.15, 0.2) is 17.0 Å². The van der Waals surface area contributed by atoms with Gasteiger partial charge in [0.2, 0.25) is 0 Å². The normalized spacial score (nSPS) is 17.4. The van der Waals surface area contributed by atoms with Crippen LogP contribution in [0.2, 0.25) is 0 Å². The van der Waals surface area contributed by atoms with E-state index in [0.717, 1.165) is 36.8 Å². The molecule has 1 aliphatic carbocycles. The van der Waals surface area contributed by atoms with Gasteiger partial charge in [-0.1, -0.05) is 12.5 Å². The highest BCUT2D eigenvalue weighted by Gasteiger charge is 2.23. The van der Waals surface area contributed by atoms with Crippen LogP contribution < -0.4 is 4.74 Å². The highest BCUT2D eigenvalue weighted by Crippen LogP contribution is 2.34. The van der Waals surface area contributed by atoms with Gasteiger partial charge in [0.05, 0.1) is 6.10 Å². The molecule has 1 aromatic carbocycles. The van der Waals surface area contributed by atoms with Gasteiger partial charge in [-0.05, 0) is 56.7 Å². The van der Waals surface area contributed by atoms with Crippen molar-refractivity contribution in [2.45, 2.75) is 57.0 Å². The van der Waals surface area contributed by atoms with Crippen LogP contribution in [0.3, 0.4) is 0 Å². The summed E-state index contributed by atoms with van der Waals surface area (Å²) < 4.78 is 29.3. The SMILES string of the molecule is Cc1cc(C)c(OC2CCCCC2)c(S(=O)(=O)Cl)c1. The van der Waals surface area contributed by atoms with E-state index >= 15 is 0 Å². The molecule has 106 valence electrons. The van der Waals surface area contributed by atoms with E-state index in [1.54, 1.807) is 6.07 Å². The lowest BCUT2D eigenvalue weighted by Crippen LogP contribution is -2.21. The van der Waals surface area contributed by atoms with E-state index in [0.29, 0.717) is 5.75 Å². The second-order valence-corrected chi connectivity index (χ2v) is 7.76. The van der Waals surface area contributed by atoms with Crippen LogP contribution >= 0.6 is 10.7 Å². The predicted octanol–water partition coefficient (Wildman–Crippen LogP) is 3.94. The molecule has 0 amide bonds. The van der Waals surface area contributed by atoms with E-state index in [1.165, 1.54) is 6.42 Å². The average Bonchev–Trinajstić information content (AvgIpc) is 2.32. The van der Waals surface area contributed by atoms with Crippen LogP contribution in [0.25, 0.3) is 0 Å². The lowest BCUT2D eigenvalue weighted by atomic mass is 9.97. The van der Waals surface area contributed by atoms with Crippen molar-refractivity contribution in [1.82, 2.24) is 0 Å². The van der Waals surface area contributed by atoms with Gasteiger partial charge in [0.1, 0.15) is 10.6 Å². The van der Waals surface area contributed by atoms with Crippen molar-refractivity contribution in [3.05, 3.63) is 23.3 Å². The minimum absolute atomic E-state index is 0.0947. The van der Waals surface area contributed by atoms with Gasteiger partial charge in [-0.3, -0.25) is 0 Å². The van der Waals surface area contributed by atoms with Crippen molar-refractivity contribution in [1.29, 1.82) is 0 Å². The van der Waals surface area contributed by atoms with Crippen LogP contribution in [-0.4, -0.2) is 14.5 Å². The Balaban J connectivity index is 2.37. The van der Waals surface area contributed by atoms with Crippen molar-refractivity contribution in [2.24, 2.45) is 0 Å². The van der Waals surface area contributed by atoms with Gasteiger partial charge in [-0.25, -0.2) is 8.42 Å². The number of hydrogen-bond donors (Lipinski definition) is 0. The molecule has 19 heavy (non-hydrogen) atoms. The zero-order valence-corrected chi connectivity index (χ0v) is 12.9. The molecule has 5 heteroatoms. The second-order valence-electron chi connectivity index (χ2n) is 5.22. The van der Waals surface area contributed by atoms with E-state index in [9.17, 15) is 8.42 Å². The summed E-state index contributed by atoms with van der Waals surface area (Å²) in [6.45, 7) is 3.71. The predicted molar refractivity (Wildman–Crippen MR) is 76.5 cm³/mol. The van der Waals surface area contributed by atoms with Crippen molar-refractivity contribution in [3.8, 4) is 5.75 Å². The minimum atomic E-state index is -3.78. The van der Waals surface area contributed by atoms with Gasteiger partial charge in [0.15, 0.2) is 0 Å². The van der Waals surface area contributed by atoms with Crippen molar-refractivity contribution in [2.75, 3.05) is 0 Å². The Morgan fingerprint density at radius 3 is 2.37 bits per heavy atom. The quantitative estimate of drug-likeness (QED) is 0.794. The minimum Gasteiger partial charge on any atom is -0.489 e. The number of benzene rings is 1. The lowest BCUT2D eigenvalue weighted by molar-refractivity contribution is 0.150. The Kier molecular flexibility index (Phi) is 4.41. The number of aryl methyl sites for hydroxylation is 2. The van der Waals surface area contributed by atoms with Gasteiger partial charge in [0.25, 0.3) is 9.05 Å². The Morgan fingerprint density at radius 1 is 1.16 bits per heavy atom. The third kappa shape index (κ3) is 3.63. The summed E-state index contributed by atoms with van der Waals surface area (Å²) in [7, 11) is 1.74. The fourth-order valence-corrected chi connectivity index (χ4v) is 3.70. The summed E-state index contributed by atoms with van der Waals surface area (Å²) in [4.78, 5) is 0.0947. The maximum atomic E-state index is 11.7. The molecular weight excluding hydrogens is 284 g/mol. The molecule has 1 saturated carbocycles. The molecule has 2 rings (SSSR count). The smallest absolute Gasteiger partial charge is 0.265 e. The first-order chi connectivity index (χ1) is 8.88. The third-order valence-corrected chi connectivity index (χ3v) is 4.81. The van der Waals surface area contributed by atoms with Crippen LogP contribution in [0.1, 0.15) is 43.2 Å². The zero-order chi connectivity index (χ0) is 14.0. The Hall–Kier alpha value is -0.740. The summed E-state index contributed by atoms with van der Waals surface area (Å²) in [5, 5.41) is 0. The summed E-state index contributed by atoms with van der Waals surface area (Å²) in [5.74, 6) is 0.424. The highest BCUT2D eigenvalue weighted by atomic mass is 35.7. The highest BCUT2D eigenvalue weighted by molar-refractivity contribution is 8.13. The van der Waals surface area contributed by atoms with Crippen LogP contribution in [-0.2, 0) is 9.05 Å². The molecule has 1 fully saturated rings. The molecule has 1 aliphatic rings. The molecule has 0 aromatic heterocycles. The molecule has 0 spiro atoms. The molecule has 0 N–H and O–H groups in total. The summed E-state index contributed by atoms with van der Waals surface area (Å²) in [6, 6.07) is 3.50. The van der Waals surface area contributed by atoms with E-state index in [-0.39, 0.29) is 11.0 Å². The fourth-order valence-electron chi connectivity index (χ4n) is 2.60. The average molecular weight is 303 g/mol. The molecule has 0 radical (unpaired) electrons. The number of rotatable bonds is 3. The van der Waals surface area contributed by atoms with Gasteiger partial charge < -0.3 is 4.74 Å². The topological polar surface area (TPSA) is 43.4 Å². The molecule has 0 unspecified atom stereocenters. The Morgan fingerprint density at radius 2 is 1.79 bits per heavy atom. The molecule has 0 saturated heterocycles.